The van der Waals surface area contributed by atoms with Gasteiger partial charge in [0.2, 0.25) is 0 Å². The van der Waals surface area contributed by atoms with Crippen LogP contribution in [-0.2, 0) is 0 Å². The molecule has 28 heavy (non-hydrogen) atoms. The van der Waals surface area contributed by atoms with Crippen molar-refractivity contribution in [3.8, 4) is 0 Å². The molecule has 2 aromatic heterocycles. The summed E-state index contributed by atoms with van der Waals surface area (Å²) in [6.07, 6.45) is 0. The fourth-order valence-corrected chi connectivity index (χ4v) is 3.16. The second-order valence-electron chi connectivity index (χ2n) is 6.85. The fraction of sp³-hybridized carbons (Fsp3) is 0.200. The summed E-state index contributed by atoms with van der Waals surface area (Å²) in [7, 11) is 0. The van der Waals surface area contributed by atoms with Gasteiger partial charge < -0.3 is 10.3 Å². The van der Waals surface area contributed by atoms with Gasteiger partial charge in [0, 0.05) is 0 Å². The Hall–Kier alpha value is -3.55. The summed E-state index contributed by atoms with van der Waals surface area (Å²) in [6.45, 7) is 5.89. The van der Waals surface area contributed by atoms with Gasteiger partial charge in [0.25, 0.3) is 11.5 Å². The number of H-pyrrole nitrogens is 1. The lowest BCUT2D eigenvalue weighted by atomic mass is 10.0. The summed E-state index contributed by atoms with van der Waals surface area (Å²) in [6, 6.07) is 9.60. The first-order valence-corrected chi connectivity index (χ1v) is 8.80. The second-order valence-corrected chi connectivity index (χ2v) is 6.85. The van der Waals surface area contributed by atoms with Crippen LogP contribution in [-0.4, -0.2) is 25.7 Å². The van der Waals surface area contributed by atoms with E-state index in [4.69, 9.17) is 0 Å². The number of amides is 1. The van der Waals surface area contributed by atoms with E-state index < -0.39 is 17.3 Å². The van der Waals surface area contributed by atoms with Crippen molar-refractivity contribution >= 4 is 22.5 Å². The van der Waals surface area contributed by atoms with E-state index >= 15 is 0 Å². The van der Waals surface area contributed by atoms with E-state index in [1.807, 2.05) is 39.0 Å². The van der Waals surface area contributed by atoms with Crippen molar-refractivity contribution in [3.63, 3.8) is 0 Å². The maximum Gasteiger partial charge on any atom is 0.277 e. The maximum absolute atomic E-state index is 13.4. The molecule has 1 amide bonds. The molecule has 1 atom stereocenters. The first kappa shape index (κ1) is 17.8. The summed E-state index contributed by atoms with van der Waals surface area (Å²) in [5, 5.41) is 10.7. The molecule has 0 aliphatic heterocycles. The van der Waals surface area contributed by atoms with Gasteiger partial charge in [-0.3, -0.25) is 9.59 Å². The van der Waals surface area contributed by atoms with Gasteiger partial charge in [0.05, 0.1) is 17.1 Å². The Kier molecular flexibility index (Phi) is 4.18. The smallest absolute Gasteiger partial charge is 0.277 e. The molecule has 0 fully saturated rings. The fourth-order valence-electron chi connectivity index (χ4n) is 3.16. The molecule has 2 heterocycles. The van der Waals surface area contributed by atoms with Gasteiger partial charge in [-0.15, -0.1) is 5.10 Å². The van der Waals surface area contributed by atoms with Crippen molar-refractivity contribution in [1.29, 1.82) is 0 Å². The number of rotatable bonds is 3. The number of benzene rings is 2. The number of aromatic amines is 1. The molecule has 2 N–H and O–H groups in total. The largest absolute Gasteiger partial charge is 0.344 e. The van der Waals surface area contributed by atoms with Crippen LogP contribution >= 0.6 is 0 Å². The predicted octanol–water partition coefficient (Wildman–Crippen LogP) is 2.82. The molecule has 0 radical (unpaired) electrons. The molecule has 0 saturated carbocycles. The predicted molar refractivity (Wildman–Crippen MR) is 103 cm³/mol. The Labute approximate surface area is 159 Å². The number of nitrogens with one attached hydrogen (secondary N) is 2. The number of fused-ring (bicyclic) bond motifs is 3. The zero-order valence-corrected chi connectivity index (χ0v) is 15.6. The number of halogens is 1. The Bertz CT molecular complexity index is 1290. The minimum Gasteiger partial charge on any atom is -0.344 e. The van der Waals surface area contributed by atoms with E-state index in [1.54, 1.807) is 0 Å². The highest BCUT2D eigenvalue weighted by molar-refractivity contribution is 5.99. The Morgan fingerprint density at radius 2 is 1.96 bits per heavy atom. The highest BCUT2D eigenvalue weighted by Crippen LogP contribution is 2.18. The maximum atomic E-state index is 13.4. The minimum absolute atomic E-state index is 0.0175. The summed E-state index contributed by atoms with van der Waals surface area (Å²) < 4.78 is 14.7. The topological polar surface area (TPSA) is 92.2 Å². The monoisotopic (exact) mass is 379 g/mol. The van der Waals surface area contributed by atoms with E-state index in [0.717, 1.165) is 11.1 Å². The number of aryl methyl sites for hydroxylation is 2. The highest BCUT2D eigenvalue weighted by Gasteiger charge is 2.21. The molecular weight excluding hydrogens is 361 g/mol. The van der Waals surface area contributed by atoms with Crippen LogP contribution in [0.25, 0.3) is 16.6 Å². The van der Waals surface area contributed by atoms with E-state index in [0.29, 0.717) is 5.52 Å². The number of carbonyl (C=O) groups is 1. The Morgan fingerprint density at radius 3 is 2.71 bits per heavy atom. The average Bonchev–Trinajstić information content (AvgIpc) is 3.09. The molecule has 2 aromatic carbocycles. The number of nitrogens with zero attached hydrogens (tertiary/aromatic N) is 3. The molecule has 0 aliphatic rings. The molecule has 8 heteroatoms. The minimum atomic E-state index is -0.563. The third-order valence-corrected chi connectivity index (χ3v) is 4.91. The van der Waals surface area contributed by atoms with Gasteiger partial charge in [-0.25, -0.2) is 8.91 Å². The Balaban J connectivity index is 1.72. The zero-order chi connectivity index (χ0) is 20.0. The molecule has 4 aromatic rings. The molecular formula is C20H18FN5O2. The molecule has 0 bridgehead atoms. The van der Waals surface area contributed by atoms with Gasteiger partial charge in [0.15, 0.2) is 11.2 Å². The van der Waals surface area contributed by atoms with Gasteiger partial charge in [-0.05, 0) is 55.7 Å². The molecule has 0 saturated heterocycles. The van der Waals surface area contributed by atoms with Crippen molar-refractivity contribution in [2.75, 3.05) is 0 Å². The van der Waals surface area contributed by atoms with Gasteiger partial charge in [0.1, 0.15) is 5.82 Å². The van der Waals surface area contributed by atoms with Crippen LogP contribution in [0.3, 0.4) is 0 Å². The average molecular weight is 379 g/mol. The van der Waals surface area contributed by atoms with E-state index in [1.165, 1.54) is 28.3 Å². The van der Waals surface area contributed by atoms with Crippen molar-refractivity contribution in [2.45, 2.75) is 26.8 Å². The second kappa shape index (κ2) is 6.56. The Morgan fingerprint density at radius 1 is 1.18 bits per heavy atom. The van der Waals surface area contributed by atoms with Crippen molar-refractivity contribution in [1.82, 2.24) is 25.1 Å². The van der Waals surface area contributed by atoms with Crippen molar-refractivity contribution in [3.05, 3.63) is 75.0 Å². The number of hydrogen-bond acceptors (Lipinski definition) is 4. The third kappa shape index (κ3) is 2.92. The van der Waals surface area contributed by atoms with Crippen LogP contribution in [0.1, 0.15) is 40.1 Å². The highest BCUT2D eigenvalue weighted by atomic mass is 19.1. The third-order valence-electron chi connectivity index (χ3n) is 4.91. The molecule has 0 aliphatic carbocycles. The molecule has 7 nitrogen and oxygen atoms in total. The number of aromatic nitrogens is 4. The first-order chi connectivity index (χ1) is 13.3. The molecule has 142 valence electrons. The normalized spacial score (nSPS) is 12.4. The van der Waals surface area contributed by atoms with Crippen LogP contribution < -0.4 is 10.9 Å². The van der Waals surface area contributed by atoms with Crippen molar-refractivity contribution < 1.29 is 9.18 Å². The SMILES string of the molecule is Cc1ccc([C@H](C)NC(=O)c2nnn3c2c(=O)[nH]c2cc(F)ccc23)cc1C. The summed E-state index contributed by atoms with van der Waals surface area (Å²) in [4.78, 5) is 27.8. The van der Waals surface area contributed by atoms with E-state index in [2.05, 4.69) is 20.6 Å². The number of carbonyl (C=O) groups excluding carboxylic acids is 1. The standard InChI is InChI=1S/C20H18FN5O2/c1-10-4-5-13(8-11(10)2)12(3)22-19(27)17-18-20(28)23-15-9-14(21)6-7-16(15)26(18)25-24-17/h4-9,12H,1-3H3,(H,22,27)(H,23,28)/t12-/m0/s1. The first-order valence-electron chi connectivity index (χ1n) is 8.80. The van der Waals surface area contributed by atoms with E-state index in [9.17, 15) is 14.0 Å². The van der Waals surface area contributed by atoms with Crippen LogP contribution in [0, 0.1) is 19.7 Å². The van der Waals surface area contributed by atoms with Crippen LogP contribution in [0.15, 0.2) is 41.2 Å². The van der Waals surface area contributed by atoms with Crippen molar-refractivity contribution in [2.24, 2.45) is 0 Å². The van der Waals surface area contributed by atoms with E-state index in [-0.39, 0.29) is 22.8 Å². The number of hydrogen-bond donors (Lipinski definition) is 2. The quantitative estimate of drug-likeness (QED) is 0.573. The zero-order valence-electron chi connectivity index (χ0n) is 15.6. The lowest BCUT2D eigenvalue weighted by molar-refractivity contribution is 0.0936. The van der Waals surface area contributed by atoms with Gasteiger partial charge in [-0.1, -0.05) is 23.4 Å². The summed E-state index contributed by atoms with van der Waals surface area (Å²) in [5.41, 5.74) is 3.34. The molecule has 0 unspecified atom stereocenters. The van der Waals surface area contributed by atoms with Gasteiger partial charge in [-0.2, -0.15) is 0 Å². The van der Waals surface area contributed by atoms with Gasteiger partial charge >= 0.3 is 0 Å². The lowest BCUT2D eigenvalue weighted by Gasteiger charge is -2.15. The van der Waals surface area contributed by atoms with Crippen LogP contribution in [0.5, 0.6) is 0 Å². The molecule has 4 rings (SSSR count). The summed E-state index contributed by atoms with van der Waals surface area (Å²) >= 11 is 0. The summed E-state index contributed by atoms with van der Waals surface area (Å²) in [5.74, 6) is -0.990. The lowest BCUT2D eigenvalue weighted by Crippen LogP contribution is -2.28. The molecule has 0 spiro atoms. The van der Waals surface area contributed by atoms with Crippen LogP contribution in [0.2, 0.25) is 0 Å². The van der Waals surface area contributed by atoms with Crippen LogP contribution in [0.4, 0.5) is 4.39 Å².